The fraction of sp³-hybridized carbons (Fsp3) is 0.455. The minimum absolute atomic E-state index is 0.0169. The molecule has 2 atom stereocenters. The minimum Gasteiger partial charge on any atom is -0.387 e. The molecule has 0 bridgehead atoms. The summed E-state index contributed by atoms with van der Waals surface area (Å²) in [6.07, 6.45) is 9.01. The van der Waals surface area contributed by atoms with E-state index >= 15 is 0 Å². The first-order valence-corrected chi connectivity index (χ1v) is 11.7. The molecule has 0 radical (unpaired) electrons. The van der Waals surface area contributed by atoms with Crippen LogP contribution in [0.3, 0.4) is 0 Å². The summed E-state index contributed by atoms with van der Waals surface area (Å²) in [5, 5.41) is 3.16. The SMILES string of the molecule is Cc1ccnc(NS(=O)(=O)C2=CCC(NC=C3C(=O)CC(C)(C)CC3=O)C(C)C=C2)n1. The van der Waals surface area contributed by atoms with Crippen LogP contribution in [0.4, 0.5) is 5.95 Å². The number of nitrogens with zero attached hydrogens (tertiary/aromatic N) is 2. The summed E-state index contributed by atoms with van der Waals surface area (Å²) >= 11 is 0. The summed E-state index contributed by atoms with van der Waals surface area (Å²) in [7, 11) is -3.84. The smallest absolute Gasteiger partial charge is 0.263 e. The predicted molar refractivity (Wildman–Crippen MR) is 118 cm³/mol. The lowest BCUT2D eigenvalue weighted by atomic mass is 9.74. The average molecular weight is 445 g/mol. The van der Waals surface area contributed by atoms with Gasteiger partial charge in [0.1, 0.15) is 0 Å². The zero-order valence-corrected chi connectivity index (χ0v) is 19.0. The average Bonchev–Trinajstić information content (AvgIpc) is 2.82. The van der Waals surface area contributed by atoms with Gasteiger partial charge in [0, 0.05) is 37.0 Å². The molecule has 1 fully saturated rings. The van der Waals surface area contributed by atoms with Crippen LogP contribution in [0, 0.1) is 18.3 Å². The molecule has 1 heterocycles. The maximum absolute atomic E-state index is 12.8. The summed E-state index contributed by atoms with van der Waals surface area (Å²) in [4.78, 5) is 32.9. The Morgan fingerprint density at radius 1 is 1.19 bits per heavy atom. The van der Waals surface area contributed by atoms with Gasteiger partial charge in [-0.15, -0.1) is 0 Å². The zero-order chi connectivity index (χ0) is 22.8. The van der Waals surface area contributed by atoms with Crippen LogP contribution in [0.5, 0.6) is 0 Å². The highest BCUT2D eigenvalue weighted by molar-refractivity contribution is 7.96. The van der Waals surface area contributed by atoms with Crippen molar-refractivity contribution >= 4 is 27.5 Å². The highest BCUT2D eigenvalue weighted by atomic mass is 32.2. The van der Waals surface area contributed by atoms with Crippen molar-refractivity contribution in [2.45, 2.75) is 53.0 Å². The number of hydrogen-bond acceptors (Lipinski definition) is 7. The minimum atomic E-state index is -3.84. The highest BCUT2D eigenvalue weighted by Gasteiger charge is 2.35. The molecule has 3 rings (SSSR count). The summed E-state index contributed by atoms with van der Waals surface area (Å²) in [5.74, 6) is -0.331. The summed E-state index contributed by atoms with van der Waals surface area (Å²) < 4.78 is 27.9. The molecule has 0 aromatic carbocycles. The molecule has 1 saturated carbocycles. The van der Waals surface area contributed by atoms with Crippen LogP contribution in [0.1, 0.15) is 45.7 Å². The van der Waals surface area contributed by atoms with Gasteiger partial charge in [0.05, 0.1) is 10.5 Å². The van der Waals surface area contributed by atoms with Crippen molar-refractivity contribution in [3.8, 4) is 0 Å². The van der Waals surface area contributed by atoms with E-state index in [4.69, 9.17) is 0 Å². The van der Waals surface area contributed by atoms with Crippen molar-refractivity contribution in [3.05, 3.63) is 52.9 Å². The van der Waals surface area contributed by atoms with Crippen LogP contribution in [0.25, 0.3) is 0 Å². The van der Waals surface area contributed by atoms with E-state index in [0.29, 0.717) is 25.0 Å². The van der Waals surface area contributed by atoms with Gasteiger partial charge >= 0.3 is 0 Å². The number of rotatable bonds is 5. The lowest BCUT2D eigenvalue weighted by Gasteiger charge is -2.29. The van der Waals surface area contributed by atoms with Crippen molar-refractivity contribution in [1.29, 1.82) is 0 Å². The molecule has 0 amide bonds. The molecule has 1 aromatic heterocycles. The van der Waals surface area contributed by atoms with E-state index in [-0.39, 0.29) is 45.4 Å². The van der Waals surface area contributed by atoms with Gasteiger partial charge in [0.15, 0.2) is 11.6 Å². The van der Waals surface area contributed by atoms with E-state index < -0.39 is 10.0 Å². The fourth-order valence-electron chi connectivity index (χ4n) is 3.63. The second kappa shape index (κ2) is 8.74. The Bertz CT molecular complexity index is 1060. The lowest BCUT2D eigenvalue weighted by molar-refractivity contribution is -0.127. The normalized spacial score (nSPS) is 23.7. The number of sulfonamides is 1. The van der Waals surface area contributed by atoms with Crippen LogP contribution in [-0.2, 0) is 19.6 Å². The fourth-order valence-corrected chi connectivity index (χ4v) is 4.66. The third-order valence-electron chi connectivity index (χ3n) is 5.42. The van der Waals surface area contributed by atoms with Crippen molar-refractivity contribution in [2.75, 3.05) is 4.72 Å². The summed E-state index contributed by atoms with van der Waals surface area (Å²) in [6.45, 7) is 7.52. The molecule has 2 aliphatic rings. The summed E-state index contributed by atoms with van der Waals surface area (Å²) in [5.41, 5.74) is 0.526. The Kier molecular flexibility index (Phi) is 6.45. The standard InChI is InChI=1S/C22H28N4O4S/c1-14-5-6-16(31(29,30)26-21-23-10-9-15(2)25-21)7-8-18(14)24-13-17-19(27)11-22(3,4)12-20(17)28/h5-7,9-10,13-14,18,24H,8,11-12H2,1-4H3,(H,23,25,26). The van der Waals surface area contributed by atoms with E-state index in [2.05, 4.69) is 20.0 Å². The molecule has 1 aromatic rings. The first-order valence-electron chi connectivity index (χ1n) is 10.2. The third-order valence-corrected chi connectivity index (χ3v) is 6.80. The van der Waals surface area contributed by atoms with E-state index in [9.17, 15) is 18.0 Å². The van der Waals surface area contributed by atoms with Gasteiger partial charge in [-0.3, -0.25) is 9.59 Å². The molecule has 2 N–H and O–H groups in total. The quantitative estimate of drug-likeness (QED) is 0.529. The van der Waals surface area contributed by atoms with Gasteiger partial charge in [-0.25, -0.2) is 23.1 Å². The molecule has 0 aliphatic heterocycles. The molecule has 0 spiro atoms. The maximum atomic E-state index is 12.8. The number of ketones is 2. The van der Waals surface area contributed by atoms with Gasteiger partial charge in [-0.05, 0) is 36.8 Å². The highest BCUT2D eigenvalue weighted by Crippen LogP contribution is 2.33. The second-order valence-corrected chi connectivity index (χ2v) is 10.6. The molecular formula is C22H28N4O4S. The van der Waals surface area contributed by atoms with E-state index in [1.54, 1.807) is 31.2 Å². The number of nitrogens with one attached hydrogen (secondary N) is 2. The number of carbonyl (C=O) groups is 2. The molecule has 2 aliphatic carbocycles. The molecular weight excluding hydrogens is 416 g/mol. The lowest BCUT2D eigenvalue weighted by Crippen LogP contribution is -2.35. The van der Waals surface area contributed by atoms with Gasteiger partial charge in [0.25, 0.3) is 10.0 Å². The van der Waals surface area contributed by atoms with Gasteiger partial charge in [-0.1, -0.05) is 32.9 Å². The molecule has 31 heavy (non-hydrogen) atoms. The van der Waals surface area contributed by atoms with Crippen molar-refractivity contribution < 1.29 is 18.0 Å². The Morgan fingerprint density at radius 3 is 2.52 bits per heavy atom. The topological polar surface area (TPSA) is 118 Å². The molecule has 8 nitrogen and oxygen atoms in total. The van der Waals surface area contributed by atoms with Gasteiger partial charge in [0.2, 0.25) is 5.95 Å². The van der Waals surface area contributed by atoms with E-state index in [1.807, 2.05) is 20.8 Å². The van der Waals surface area contributed by atoms with Crippen LogP contribution in [-0.4, -0.2) is 36.0 Å². The predicted octanol–water partition coefficient (Wildman–Crippen LogP) is 2.81. The Hall–Kier alpha value is -2.81. The van der Waals surface area contributed by atoms with Gasteiger partial charge in [-0.2, -0.15) is 0 Å². The van der Waals surface area contributed by atoms with Crippen LogP contribution in [0.15, 0.2) is 47.2 Å². The third kappa shape index (κ3) is 5.66. The number of aromatic nitrogens is 2. The van der Waals surface area contributed by atoms with Crippen LogP contribution >= 0.6 is 0 Å². The largest absolute Gasteiger partial charge is 0.387 e. The number of aryl methyl sites for hydroxylation is 1. The Balaban J connectivity index is 1.73. The first-order chi connectivity index (χ1) is 14.5. The van der Waals surface area contributed by atoms with E-state index in [1.165, 1.54) is 12.4 Å². The Morgan fingerprint density at radius 2 is 1.87 bits per heavy atom. The number of hydrogen-bond donors (Lipinski definition) is 2. The van der Waals surface area contributed by atoms with Gasteiger partial charge < -0.3 is 5.32 Å². The number of anilines is 1. The number of allylic oxidation sites excluding steroid dienone is 2. The van der Waals surface area contributed by atoms with Crippen molar-refractivity contribution in [2.24, 2.45) is 11.3 Å². The first kappa shape index (κ1) is 22.9. The number of Topliss-reactive ketones (excluding diaryl/α,β-unsaturated/α-hetero) is 2. The summed E-state index contributed by atoms with van der Waals surface area (Å²) in [6, 6.07) is 1.51. The van der Waals surface area contributed by atoms with Crippen molar-refractivity contribution in [3.63, 3.8) is 0 Å². The maximum Gasteiger partial charge on any atom is 0.263 e. The van der Waals surface area contributed by atoms with Crippen LogP contribution in [0.2, 0.25) is 0 Å². The molecule has 2 unspecified atom stereocenters. The zero-order valence-electron chi connectivity index (χ0n) is 18.2. The second-order valence-electron chi connectivity index (χ2n) is 8.88. The van der Waals surface area contributed by atoms with E-state index in [0.717, 1.165) is 0 Å². The number of carbonyl (C=O) groups excluding carboxylic acids is 2. The van der Waals surface area contributed by atoms with Crippen LogP contribution < -0.4 is 10.0 Å². The monoisotopic (exact) mass is 444 g/mol. The molecule has 9 heteroatoms. The molecule has 166 valence electrons. The Labute approximate surface area is 183 Å². The van der Waals surface area contributed by atoms with Crippen molar-refractivity contribution in [1.82, 2.24) is 15.3 Å². The molecule has 0 saturated heterocycles.